The number of rotatable bonds is 49. The first kappa shape index (κ1) is 89.1. The zero-order valence-electron chi connectivity index (χ0n) is 60.1. The van der Waals surface area contributed by atoms with E-state index in [-0.39, 0.29) is 44.6 Å². The summed E-state index contributed by atoms with van der Waals surface area (Å²) in [5, 5.41) is 51.5. The fraction of sp³-hybridized carbons (Fsp3) is 0.716. The van der Waals surface area contributed by atoms with E-state index in [9.17, 15) is 72.5 Å². The van der Waals surface area contributed by atoms with Gasteiger partial charge < -0.3 is 103 Å². The number of carboxylic acids is 1. The number of nitrogens with two attached hydrogens (primary N) is 5. The summed E-state index contributed by atoms with van der Waals surface area (Å²) in [4.78, 5) is 178. The maximum atomic E-state index is 14.3. The SMILES string of the molecule is CC(C)C[C@H](NC(=O)[C@@H](NC(=O)[C@H](Cc1ccccc1)NC(=O)[C@@H](NC(=O)[C@H](C)NC(=O)[C@H](C)NC(=O)[C@@H](NC(=O)[C@@H](NC(=O)[C@H](CCCCN)NC(=O)[C@H](CCCCN)NC(=O)[C@H](CCCCN)NC(=O)[C@@H](N)CCCCN)C(C)C)C(C)C)[C@@H](C)O)C(C)C)C(=O)N[C@@H](C)C(=O)O. The maximum absolute atomic E-state index is 14.3. The summed E-state index contributed by atoms with van der Waals surface area (Å²) in [5.41, 5.74) is 29.6. The molecule has 562 valence electrons. The van der Waals surface area contributed by atoms with Gasteiger partial charge in [0, 0.05) is 6.42 Å². The molecular formula is C67H119N17O15. The van der Waals surface area contributed by atoms with Crippen LogP contribution in [0.1, 0.15) is 172 Å². The largest absolute Gasteiger partial charge is 0.480 e. The first-order valence-electron chi connectivity index (χ1n) is 34.7. The number of carbonyl (C=O) groups excluding carboxylic acids is 12. The zero-order valence-corrected chi connectivity index (χ0v) is 60.1. The maximum Gasteiger partial charge on any atom is 0.325 e. The molecular weight excluding hydrogens is 1280 g/mol. The zero-order chi connectivity index (χ0) is 75.2. The van der Waals surface area contributed by atoms with Crippen molar-refractivity contribution in [3.05, 3.63) is 35.9 Å². The van der Waals surface area contributed by atoms with Crippen LogP contribution in [0.5, 0.6) is 0 Å². The predicted molar refractivity (Wildman–Crippen MR) is 373 cm³/mol. The van der Waals surface area contributed by atoms with Gasteiger partial charge in [0.15, 0.2) is 0 Å². The Morgan fingerprint density at radius 1 is 0.343 bits per heavy atom. The molecule has 0 saturated carbocycles. The quantitative estimate of drug-likeness (QED) is 0.0298. The summed E-state index contributed by atoms with van der Waals surface area (Å²) in [5.74, 6) is -12.7. The van der Waals surface area contributed by atoms with Gasteiger partial charge in [-0.3, -0.25) is 62.3 Å². The van der Waals surface area contributed by atoms with Crippen LogP contribution in [0.3, 0.4) is 0 Å². The average Bonchev–Trinajstić information content (AvgIpc) is 0.869. The number of benzene rings is 1. The Labute approximate surface area is 583 Å². The van der Waals surface area contributed by atoms with E-state index in [0.717, 1.165) is 0 Å². The van der Waals surface area contributed by atoms with E-state index in [2.05, 4.69) is 63.8 Å². The number of hydrogen-bond donors (Lipinski definition) is 19. The van der Waals surface area contributed by atoms with Crippen LogP contribution < -0.4 is 92.5 Å². The Balaban J connectivity index is 3.34. The molecule has 0 aliphatic heterocycles. The van der Waals surface area contributed by atoms with Crippen molar-refractivity contribution in [3.8, 4) is 0 Å². The lowest BCUT2D eigenvalue weighted by atomic mass is 9.98. The van der Waals surface area contributed by atoms with Crippen LogP contribution in [-0.4, -0.2) is 198 Å². The van der Waals surface area contributed by atoms with Gasteiger partial charge in [-0.2, -0.15) is 0 Å². The molecule has 0 spiro atoms. The number of unbranched alkanes of at least 4 members (excludes halogenated alkanes) is 4. The summed E-state index contributed by atoms with van der Waals surface area (Å²) >= 11 is 0. The molecule has 24 N–H and O–H groups in total. The number of carbonyl (C=O) groups is 13. The molecule has 1 aromatic carbocycles. The molecule has 0 heterocycles. The summed E-state index contributed by atoms with van der Waals surface area (Å²) in [6.45, 7) is 19.8. The third kappa shape index (κ3) is 33.7. The molecule has 0 aliphatic carbocycles. The molecule has 0 saturated heterocycles. The van der Waals surface area contributed by atoms with Crippen molar-refractivity contribution in [1.29, 1.82) is 0 Å². The van der Waals surface area contributed by atoms with Gasteiger partial charge in [0.05, 0.1) is 12.1 Å². The predicted octanol–water partition coefficient (Wildman–Crippen LogP) is -2.57. The van der Waals surface area contributed by atoms with Gasteiger partial charge in [-0.1, -0.05) is 92.1 Å². The number of aliphatic hydroxyl groups is 1. The summed E-state index contributed by atoms with van der Waals surface area (Å²) in [6.07, 6.45) is 3.16. The highest BCUT2D eigenvalue weighted by Gasteiger charge is 2.38. The van der Waals surface area contributed by atoms with Crippen LogP contribution >= 0.6 is 0 Å². The highest BCUT2D eigenvalue weighted by Crippen LogP contribution is 2.15. The van der Waals surface area contributed by atoms with E-state index in [4.69, 9.17) is 28.7 Å². The first-order valence-corrected chi connectivity index (χ1v) is 34.7. The molecule has 1 rings (SSSR count). The number of aliphatic carboxylic acids is 1. The van der Waals surface area contributed by atoms with Crippen LogP contribution in [0.2, 0.25) is 0 Å². The van der Waals surface area contributed by atoms with Crippen LogP contribution in [-0.2, 0) is 68.7 Å². The minimum absolute atomic E-state index is 0.0732. The Bertz CT molecular complexity index is 2740. The van der Waals surface area contributed by atoms with Crippen molar-refractivity contribution in [2.45, 2.75) is 258 Å². The second kappa shape index (κ2) is 47.2. The van der Waals surface area contributed by atoms with Gasteiger partial charge in [0.2, 0.25) is 70.9 Å². The minimum atomic E-state index is -1.73. The van der Waals surface area contributed by atoms with E-state index in [1.165, 1.54) is 27.7 Å². The minimum Gasteiger partial charge on any atom is -0.480 e. The monoisotopic (exact) mass is 1400 g/mol. The summed E-state index contributed by atoms with van der Waals surface area (Å²) in [7, 11) is 0. The molecule has 0 aromatic heterocycles. The van der Waals surface area contributed by atoms with Crippen LogP contribution in [0.25, 0.3) is 0 Å². The van der Waals surface area contributed by atoms with Crippen molar-refractivity contribution in [2.24, 2.45) is 52.3 Å². The van der Waals surface area contributed by atoms with Gasteiger partial charge in [-0.15, -0.1) is 0 Å². The molecule has 32 nitrogen and oxygen atoms in total. The van der Waals surface area contributed by atoms with E-state index in [1.54, 1.807) is 85.7 Å². The molecule has 1 aromatic rings. The fourth-order valence-electron chi connectivity index (χ4n) is 10.2. The molecule has 0 bridgehead atoms. The van der Waals surface area contributed by atoms with Crippen molar-refractivity contribution < 1.29 is 72.5 Å². The summed E-state index contributed by atoms with van der Waals surface area (Å²) in [6, 6.07) is -8.19. The topological polar surface area (TPSA) is 537 Å². The van der Waals surface area contributed by atoms with Gasteiger partial charge >= 0.3 is 5.97 Å². The molecule has 0 aliphatic rings. The van der Waals surface area contributed by atoms with Crippen molar-refractivity contribution >= 4 is 76.9 Å². The highest BCUT2D eigenvalue weighted by atomic mass is 16.4. The molecule has 0 fully saturated rings. The Hall–Kier alpha value is -7.91. The third-order valence-electron chi connectivity index (χ3n) is 16.3. The van der Waals surface area contributed by atoms with Crippen LogP contribution in [0.4, 0.5) is 0 Å². The fourth-order valence-corrected chi connectivity index (χ4v) is 10.2. The lowest BCUT2D eigenvalue weighted by molar-refractivity contribution is -0.142. The Morgan fingerprint density at radius 2 is 0.646 bits per heavy atom. The number of hydrogen-bond acceptors (Lipinski definition) is 19. The van der Waals surface area contributed by atoms with Crippen molar-refractivity contribution in [1.82, 2.24) is 63.8 Å². The van der Waals surface area contributed by atoms with Crippen molar-refractivity contribution in [2.75, 3.05) is 26.2 Å². The summed E-state index contributed by atoms with van der Waals surface area (Å²) < 4.78 is 0. The number of nitrogens with one attached hydrogen (secondary N) is 12. The smallest absolute Gasteiger partial charge is 0.325 e. The third-order valence-corrected chi connectivity index (χ3v) is 16.3. The molecule has 0 radical (unpaired) electrons. The van der Waals surface area contributed by atoms with Gasteiger partial charge in [-0.05, 0) is 160 Å². The Kier molecular flexibility index (Phi) is 42.5. The standard InChI is InChI=1S/C67H119N17O15/c1-36(2)34-49(61(92)75-42(11)67(98)99)79-64(95)52(38(5)6)82-62(93)50(35-44-24-14-13-15-25-44)80-66(97)54(43(12)85)84-56(87)41(10)73-55(86)40(9)74-63(94)51(37(3)4)83-65(96)53(39(7)8)81-60(91)48(29-19-23-33-71)78-59(90)47(28-18-22-32-70)77-58(89)46(27-17-21-31-69)76-57(88)45(72)26-16-20-30-68/h13-15,24-25,36-43,45-54,85H,16-23,26-35,68-72H2,1-12H3,(H,73,86)(H,74,94)(H,75,92)(H,76,88)(H,77,89)(H,78,90)(H,79,95)(H,80,97)(H,81,91)(H,82,93)(H,83,96)(H,84,87)(H,98,99)/t40-,41-,42-,43+,45-,46-,47-,48-,49-,50-,51-,52-,53-,54-/m0/s1. The molecule has 32 heteroatoms. The van der Waals surface area contributed by atoms with E-state index < -0.39 is 179 Å². The van der Waals surface area contributed by atoms with Gasteiger partial charge in [0.25, 0.3) is 0 Å². The Morgan fingerprint density at radius 3 is 1.05 bits per heavy atom. The normalized spacial score (nSPS) is 15.7. The van der Waals surface area contributed by atoms with Gasteiger partial charge in [0.1, 0.15) is 72.5 Å². The number of carboxylic acid groups (broad SMARTS) is 1. The van der Waals surface area contributed by atoms with Crippen LogP contribution in [0.15, 0.2) is 30.3 Å². The van der Waals surface area contributed by atoms with E-state index >= 15 is 0 Å². The molecule has 14 atom stereocenters. The lowest BCUT2D eigenvalue weighted by Gasteiger charge is -2.30. The van der Waals surface area contributed by atoms with Crippen LogP contribution in [0, 0.1) is 23.7 Å². The lowest BCUT2D eigenvalue weighted by Crippen LogP contribution is -2.62. The first-order chi connectivity index (χ1) is 46.5. The molecule has 12 amide bonds. The molecule has 0 unspecified atom stereocenters. The number of amides is 12. The van der Waals surface area contributed by atoms with E-state index in [1.807, 2.05) is 0 Å². The highest BCUT2D eigenvalue weighted by molar-refractivity contribution is 6.00. The average molecular weight is 1400 g/mol. The molecule has 99 heavy (non-hydrogen) atoms. The van der Waals surface area contributed by atoms with Crippen molar-refractivity contribution in [3.63, 3.8) is 0 Å². The van der Waals surface area contributed by atoms with Gasteiger partial charge in [-0.25, -0.2) is 0 Å². The van der Waals surface area contributed by atoms with E-state index in [0.29, 0.717) is 83.0 Å². The number of aliphatic hydroxyl groups excluding tert-OH is 1. The second-order valence-corrected chi connectivity index (χ2v) is 26.8. The second-order valence-electron chi connectivity index (χ2n) is 26.8.